The summed E-state index contributed by atoms with van der Waals surface area (Å²) in [4.78, 5) is 0. The van der Waals surface area contributed by atoms with E-state index in [1.165, 1.54) is 24.8 Å². The van der Waals surface area contributed by atoms with E-state index in [-0.39, 0.29) is 5.82 Å². The second-order valence-corrected chi connectivity index (χ2v) is 5.50. The molecule has 94 valence electrons. The quantitative estimate of drug-likeness (QED) is 0.854. The van der Waals surface area contributed by atoms with Gasteiger partial charge in [-0.1, -0.05) is 25.5 Å². The van der Waals surface area contributed by atoms with Gasteiger partial charge in [-0.05, 0) is 61.3 Å². The van der Waals surface area contributed by atoms with Crippen molar-refractivity contribution in [2.45, 2.75) is 32.6 Å². The van der Waals surface area contributed by atoms with Gasteiger partial charge in [0.15, 0.2) is 0 Å². The lowest BCUT2D eigenvalue weighted by Crippen LogP contribution is -2.31. The molecule has 0 heterocycles. The van der Waals surface area contributed by atoms with E-state index in [1.54, 1.807) is 12.1 Å². The van der Waals surface area contributed by atoms with Gasteiger partial charge in [0.1, 0.15) is 5.82 Å². The van der Waals surface area contributed by atoms with Gasteiger partial charge >= 0.3 is 0 Å². The largest absolute Gasteiger partial charge is 0.330 e. The highest BCUT2D eigenvalue weighted by molar-refractivity contribution is 5.17. The van der Waals surface area contributed by atoms with E-state index in [2.05, 4.69) is 6.92 Å². The van der Waals surface area contributed by atoms with Crippen LogP contribution in [0, 0.1) is 23.6 Å². The van der Waals surface area contributed by atoms with Crippen LogP contribution in [0.5, 0.6) is 0 Å². The molecule has 2 N–H and O–H groups in total. The van der Waals surface area contributed by atoms with Crippen LogP contribution in [0.4, 0.5) is 4.39 Å². The first-order chi connectivity index (χ1) is 8.19. The van der Waals surface area contributed by atoms with Crippen LogP contribution in [0.25, 0.3) is 0 Å². The summed E-state index contributed by atoms with van der Waals surface area (Å²) in [7, 11) is 0. The van der Waals surface area contributed by atoms with Gasteiger partial charge in [0.25, 0.3) is 0 Å². The standard InChI is InChI=1S/C15H22FN/c1-11-2-5-13(10-17)14(8-11)9-12-3-6-15(16)7-4-12/h3-4,6-7,11,13-14H,2,5,8-10,17H2,1H3. The minimum absolute atomic E-state index is 0.152. The molecule has 1 aromatic carbocycles. The predicted octanol–water partition coefficient (Wildman–Crippen LogP) is 3.38. The van der Waals surface area contributed by atoms with Crippen LogP contribution in [0.2, 0.25) is 0 Å². The molecule has 0 bridgehead atoms. The fourth-order valence-electron chi connectivity index (χ4n) is 3.04. The first-order valence-corrected chi connectivity index (χ1v) is 6.63. The van der Waals surface area contributed by atoms with Crippen LogP contribution in [-0.2, 0) is 6.42 Å². The molecular formula is C15H22FN. The molecule has 1 fully saturated rings. The van der Waals surface area contributed by atoms with Crippen LogP contribution in [0.1, 0.15) is 31.7 Å². The van der Waals surface area contributed by atoms with Gasteiger partial charge in [-0.25, -0.2) is 4.39 Å². The number of benzene rings is 1. The molecule has 0 aromatic heterocycles. The first kappa shape index (κ1) is 12.6. The molecule has 0 aliphatic heterocycles. The molecule has 2 rings (SSSR count). The van der Waals surface area contributed by atoms with Gasteiger partial charge in [0.2, 0.25) is 0 Å². The summed E-state index contributed by atoms with van der Waals surface area (Å²) in [6, 6.07) is 6.92. The van der Waals surface area contributed by atoms with Crippen molar-refractivity contribution in [3.05, 3.63) is 35.6 Å². The van der Waals surface area contributed by atoms with Crippen LogP contribution < -0.4 is 5.73 Å². The number of rotatable bonds is 3. The van der Waals surface area contributed by atoms with E-state index in [1.807, 2.05) is 12.1 Å². The molecule has 1 saturated carbocycles. The van der Waals surface area contributed by atoms with Crippen molar-refractivity contribution in [3.63, 3.8) is 0 Å². The summed E-state index contributed by atoms with van der Waals surface area (Å²) in [6.07, 6.45) is 4.87. The molecule has 0 saturated heterocycles. The van der Waals surface area contributed by atoms with Gasteiger partial charge in [0.05, 0.1) is 0 Å². The Morgan fingerprint density at radius 1 is 1.18 bits per heavy atom. The molecule has 0 spiro atoms. The topological polar surface area (TPSA) is 26.0 Å². The lowest BCUT2D eigenvalue weighted by Gasteiger charge is -2.34. The second kappa shape index (κ2) is 5.63. The molecular weight excluding hydrogens is 213 g/mol. The van der Waals surface area contributed by atoms with E-state index >= 15 is 0 Å². The smallest absolute Gasteiger partial charge is 0.123 e. The van der Waals surface area contributed by atoms with Crippen molar-refractivity contribution >= 4 is 0 Å². The average molecular weight is 235 g/mol. The Morgan fingerprint density at radius 2 is 1.88 bits per heavy atom. The van der Waals surface area contributed by atoms with E-state index in [9.17, 15) is 4.39 Å². The fourth-order valence-corrected chi connectivity index (χ4v) is 3.04. The van der Waals surface area contributed by atoms with Crippen molar-refractivity contribution in [2.75, 3.05) is 6.54 Å². The molecule has 3 atom stereocenters. The first-order valence-electron chi connectivity index (χ1n) is 6.63. The van der Waals surface area contributed by atoms with Crippen molar-refractivity contribution < 1.29 is 4.39 Å². The Kier molecular flexibility index (Phi) is 4.16. The minimum Gasteiger partial charge on any atom is -0.330 e. The molecule has 0 radical (unpaired) electrons. The Balaban J connectivity index is 2.02. The summed E-state index contributed by atoms with van der Waals surface area (Å²) in [5.41, 5.74) is 7.10. The van der Waals surface area contributed by atoms with E-state index in [4.69, 9.17) is 5.73 Å². The zero-order valence-corrected chi connectivity index (χ0v) is 10.5. The zero-order chi connectivity index (χ0) is 12.3. The number of nitrogens with two attached hydrogens (primary N) is 1. The monoisotopic (exact) mass is 235 g/mol. The SMILES string of the molecule is CC1CCC(CN)C(Cc2ccc(F)cc2)C1. The zero-order valence-electron chi connectivity index (χ0n) is 10.5. The van der Waals surface area contributed by atoms with Crippen LogP contribution in [0.15, 0.2) is 24.3 Å². The predicted molar refractivity (Wildman–Crippen MR) is 69.2 cm³/mol. The average Bonchev–Trinajstić information content (AvgIpc) is 2.32. The maximum Gasteiger partial charge on any atom is 0.123 e. The van der Waals surface area contributed by atoms with Gasteiger partial charge in [-0.15, -0.1) is 0 Å². The van der Waals surface area contributed by atoms with Gasteiger partial charge in [-0.3, -0.25) is 0 Å². The lowest BCUT2D eigenvalue weighted by molar-refractivity contribution is 0.193. The molecule has 3 unspecified atom stereocenters. The highest BCUT2D eigenvalue weighted by atomic mass is 19.1. The highest BCUT2D eigenvalue weighted by Gasteiger charge is 2.27. The molecule has 0 amide bonds. The maximum absolute atomic E-state index is 12.9. The van der Waals surface area contributed by atoms with E-state index in [0.717, 1.165) is 18.9 Å². The Morgan fingerprint density at radius 3 is 2.53 bits per heavy atom. The fraction of sp³-hybridized carbons (Fsp3) is 0.600. The van der Waals surface area contributed by atoms with E-state index < -0.39 is 0 Å². The Hall–Kier alpha value is -0.890. The third-order valence-electron chi connectivity index (χ3n) is 4.12. The molecule has 17 heavy (non-hydrogen) atoms. The summed E-state index contributed by atoms with van der Waals surface area (Å²) in [5.74, 6) is 1.98. The minimum atomic E-state index is -0.152. The van der Waals surface area contributed by atoms with Gasteiger partial charge < -0.3 is 5.73 Å². The van der Waals surface area contributed by atoms with Crippen molar-refractivity contribution in [1.29, 1.82) is 0 Å². The summed E-state index contributed by atoms with van der Waals surface area (Å²) in [6.45, 7) is 3.11. The maximum atomic E-state index is 12.9. The number of halogens is 1. The van der Waals surface area contributed by atoms with Gasteiger partial charge in [0, 0.05) is 0 Å². The van der Waals surface area contributed by atoms with Crippen LogP contribution >= 0.6 is 0 Å². The summed E-state index contributed by atoms with van der Waals surface area (Å²) < 4.78 is 12.9. The molecule has 2 heteroatoms. The number of hydrogen-bond donors (Lipinski definition) is 1. The normalized spacial score (nSPS) is 29.2. The Bertz CT molecular complexity index is 346. The third kappa shape index (κ3) is 3.29. The molecule has 1 nitrogen and oxygen atoms in total. The summed E-state index contributed by atoms with van der Waals surface area (Å²) in [5, 5.41) is 0. The van der Waals surface area contributed by atoms with Crippen molar-refractivity contribution in [3.8, 4) is 0 Å². The van der Waals surface area contributed by atoms with Crippen molar-refractivity contribution in [1.82, 2.24) is 0 Å². The number of hydrogen-bond acceptors (Lipinski definition) is 1. The Labute approximate surface area is 103 Å². The van der Waals surface area contributed by atoms with Crippen LogP contribution in [0.3, 0.4) is 0 Å². The lowest BCUT2D eigenvalue weighted by atomic mass is 9.72. The summed E-state index contributed by atoms with van der Waals surface area (Å²) >= 11 is 0. The van der Waals surface area contributed by atoms with Gasteiger partial charge in [-0.2, -0.15) is 0 Å². The van der Waals surface area contributed by atoms with Crippen molar-refractivity contribution in [2.24, 2.45) is 23.5 Å². The highest BCUT2D eigenvalue weighted by Crippen LogP contribution is 2.35. The molecule has 1 aromatic rings. The third-order valence-corrected chi connectivity index (χ3v) is 4.12. The molecule has 1 aliphatic carbocycles. The van der Waals surface area contributed by atoms with E-state index in [0.29, 0.717) is 11.8 Å². The second-order valence-electron chi connectivity index (χ2n) is 5.50. The van der Waals surface area contributed by atoms with Crippen LogP contribution in [-0.4, -0.2) is 6.54 Å². The molecule has 1 aliphatic rings.